The van der Waals surface area contributed by atoms with Crippen LogP contribution < -0.4 is 10.2 Å². The number of rotatable bonds is 4. The number of hydrogen-bond acceptors (Lipinski definition) is 3. The summed E-state index contributed by atoms with van der Waals surface area (Å²) in [5.41, 5.74) is 4.26. The monoisotopic (exact) mass is 265 g/mol. The summed E-state index contributed by atoms with van der Waals surface area (Å²) in [6, 6.07) is 18.1. The highest BCUT2D eigenvalue weighted by atomic mass is 15.1. The van der Waals surface area contributed by atoms with E-state index < -0.39 is 0 Å². The van der Waals surface area contributed by atoms with E-state index in [1.54, 1.807) is 0 Å². The minimum atomic E-state index is -0.339. The van der Waals surface area contributed by atoms with Crippen LogP contribution in [0.1, 0.15) is 17.2 Å². The molecule has 0 bridgehead atoms. The summed E-state index contributed by atoms with van der Waals surface area (Å²) < 4.78 is 0. The number of nitriles is 1. The summed E-state index contributed by atoms with van der Waals surface area (Å²) >= 11 is 0. The van der Waals surface area contributed by atoms with Gasteiger partial charge in [-0.3, -0.25) is 0 Å². The maximum Gasteiger partial charge on any atom is 0.140 e. The van der Waals surface area contributed by atoms with Crippen molar-refractivity contribution in [3.8, 4) is 6.07 Å². The predicted octanol–water partition coefficient (Wildman–Crippen LogP) is 3.74. The largest absolute Gasteiger partial charge is 0.378 e. The second kappa shape index (κ2) is 6.12. The molecule has 2 rings (SSSR count). The Hall–Kier alpha value is -2.47. The van der Waals surface area contributed by atoms with Gasteiger partial charge in [-0.1, -0.05) is 29.8 Å². The molecule has 102 valence electrons. The molecule has 0 aliphatic rings. The average molecular weight is 265 g/mol. The molecule has 1 atom stereocenters. The zero-order chi connectivity index (χ0) is 14.5. The fraction of sp³-hybridized carbons (Fsp3) is 0.235. The quantitative estimate of drug-likeness (QED) is 0.915. The molecular weight excluding hydrogens is 246 g/mol. The van der Waals surface area contributed by atoms with Gasteiger partial charge in [0.1, 0.15) is 6.04 Å². The lowest BCUT2D eigenvalue weighted by Crippen LogP contribution is -2.10. The molecule has 0 saturated heterocycles. The third kappa shape index (κ3) is 3.30. The number of hydrogen-bond donors (Lipinski definition) is 1. The topological polar surface area (TPSA) is 39.1 Å². The Labute approximate surface area is 120 Å². The Bertz CT molecular complexity index is 592. The van der Waals surface area contributed by atoms with Crippen molar-refractivity contribution < 1.29 is 0 Å². The minimum absolute atomic E-state index is 0.339. The Morgan fingerprint density at radius 3 is 2.10 bits per heavy atom. The Morgan fingerprint density at radius 1 is 1.00 bits per heavy atom. The first-order chi connectivity index (χ1) is 9.60. The summed E-state index contributed by atoms with van der Waals surface area (Å²) in [7, 11) is 4.00. The van der Waals surface area contributed by atoms with E-state index in [9.17, 15) is 5.26 Å². The first-order valence-corrected chi connectivity index (χ1v) is 6.60. The second-order valence-corrected chi connectivity index (χ2v) is 5.06. The van der Waals surface area contributed by atoms with Crippen molar-refractivity contribution >= 4 is 11.4 Å². The molecule has 0 fully saturated rings. The van der Waals surface area contributed by atoms with E-state index in [-0.39, 0.29) is 6.04 Å². The maximum atomic E-state index is 9.35. The van der Waals surface area contributed by atoms with Crippen LogP contribution in [0, 0.1) is 18.3 Å². The van der Waals surface area contributed by atoms with Crippen LogP contribution in [0.4, 0.5) is 11.4 Å². The summed E-state index contributed by atoms with van der Waals surface area (Å²) in [4.78, 5) is 2.04. The number of anilines is 2. The molecular formula is C17H19N3. The molecule has 3 heteroatoms. The predicted molar refractivity (Wildman–Crippen MR) is 83.9 cm³/mol. The number of nitrogens with zero attached hydrogens (tertiary/aromatic N) is 2. The maximum absolute atomic E-state index is 9.35. The van der Waals surface area contributed by atoms with Crippen LogP contribution in [-0.2, 0) is 0 Å². The van der Waals surface area contributed by atoms with Crippen LogP contribution >= 0.6 is 0 Å². The molecule has 0 heterocycles. The molecule has 0 spiro atoms. The third-order valence-electron chi connectivity index (χ3n) is 3.23. The first-order valence-electron chi connectivity index (χ1n) is 6.60. The fourth-order valence-electron chi connectivity index (χ4n) is 1.97. The Kier molecular flexibility index (Phi) is 4.27. The van der Waals surface area contributed by atoms with E-state index in [1.807, 2.05) is 74.4 Å². The van der Waals surface area contributed by atoms with Crippen molar-refractivity contribution in [1.82, 2.24) is 0 Å². The molecule has 2 aromatic rings. The van der Waals surface area contributed by atoms with Crippen molar-refractivity contribution in [3.63, 3.8) is 0 Å². The molecule has 20 heavy (non-hydrogen) atoms. The standard InChI is InChI=1S/C17H19N3/c1-13-4-8-15(9-5-13)19-17(12-18)14-6-10-16(11-7-14)20(2)3/h4-11,17,19H,1-3H3. The molecule has 1 unspecified atom stereocenters. The van der Waals surface area contributed by atoms with Gasteiger partial charge in [-0.2, -0.15) is 5.26 Å². The van der Waals surface area contributed by atoms with E-state index in [2.05, 4.69) is 11.4 Å². The van der Waals surface area contributed by atoms with E-state index in [4.69, 9.17) is 0 Å². The summed E-state index contributed by atoms with van der Waals surface area (Å²) in [5.74, 6) is 0. The molecule has 0 aliphatic carbocycles. The number of aryl methyl sites for hydroxylation is 1. The number of nitrogens with one attached hydrogen (secondary N) is 1. The third-order valence-corrected chi connectivity index (χ3v) is 3.23. The first kappa shape index (κ1) is 14.0. The van der Waals surface area contributed by atoms with Crippen LogP contribution in [0.15, 0.2) is 48.5 Å². The van der Waals surface area contributed by atoms with Crippen LogP contribution in [0.5, 0.6) is 0 Å². The van der Waals surface area contributed by atoms with E-state index >= 15 is 0 Å². The molecule has 2 aromatic carbocycles. The highest BCUT2D eigenvalue weighted by molar-refractivity contribution is 5.51. The van der Waals surface area contributed by atoms with Crippen molar-refractivity contribution in [2.45, 2.75) is 13.0 Å². The van der Waals surface area contributed by atoms with E-state index in [0.717, 1.165) is 16.9 Å². The van der Waals surface area contributed by atoms with Gasteiger partial charge >= 0.3 is 0 Å². The van der Waals surface area contributed by atoms with Crippen LogP contribution in [0.3, 0.4) is 0 Å². The van der Waals surface area contributed by atoms with Crippen LogP contribution in [0.2, 0.25) is 0 Å². The Morgan fingerprint density at radius 2 is 1.60 bits per heavy atom. The average Bonchev–Trinajstić information content (AvgIpc) is 2.47. The van der Waals surface area contributed by atoms with Gasteiger partial charge in [0, 0.05) is 25.5 Å². The van der Waals surface area contributed by atoms with Gasteiger partial charge in [0.25, 0.3) is 0 Å². The zero-order valence-electron chi connectivity index (χ0n) is 12.1. The van der Waals surface area contributed by atoms with Crippen molar-refractivity contribution in [3.05, 3.63) is 59.7 Å². The lowest BCUT2D eigenvalue weighted by atomic mass is 10.1. The molecule has 3 nitrogen and oxygen atoms in total. The summed E-state index contributed by atoms with van der Waals surface area (Å²) in [6.07, 6.45) is 0. The molecule has 0 radical (unpaired) electrons. The zero-order valence-corrected chi connectivity index (χ0v) is 12.1. The van der Waals surface area contributed by atoms with Gasteiger partial charge in [-0.05, 0) is 36.8 Å². The SMILES string of the molecule is Cc1ccc(NC(C#N)c2ccc(N(C)C)cc2)cc1. The van der Waals surface area contributed by atoms with Gasteiger partial charge < -0.3 is 10.2 Å². The Balaban J connectivity index is 2.16. The van der Waals surface area contributed by atoms with Crippen molar-refractivity contribution in [2.24, 2.45) is 0 Å². The smallest absolute Gasteiger partial charge is 0.140 e. The van der Waals surface area contributed by atoms with Gasteiger partial charge in [0.05, 0.1) is 6.07 Å². The van der Waals surface area contributed by atoms with Gasteiger partial charge in [-0.15, -0.1) is 0 Å². The highest BCUT2D eigenvalue weighted by Crippen LogP contribution is 2.21. The van der Waals surface area contributed by atoms with Gasteiger partial charge in [0.2, 0.25) is 0 Å². The molecule has 1 N–H and O–H groups in total. The van der Waals surface area contributed by atoms with Crippen LogP contribution in [-0.4, -0.2) is 14.1 Å². The molecule has 0 aromatic heterocycles. The van der Waals surface area contributed by atoms with E-state index in [0.29, 0.717) is 0 Å². The number of benzene rings is 2. The molecule has 0 amide bonds. The highest BCUT2D eigenvalue weighted by Gasteiger charge is 2.10. The summed E-state index contributed by atoms with van der Waals surface area (Å²) in [6.45, 7) is 2.05. The lowest BCUT2D eigenvalue weighted by Gasteiger charge is -2.16. The second-order valence-electron chi connectivity index (χ2n) is 5.06. The van der Waals surface area contributed by atoms with Crippen molar-refractivity contribution in [1.29, 1.82) is 5.26 Å². The fourth-order valence-corrected chi connectivity index (χ4v) is 1.97. The van der Waals surface area contributed by atoms with Crippen molar-refractivity contribution in [2.75, 3.05) is 24.3 Å². The van der Waals surface area contributed by atoms with E-state index in [1.165, 1.54) is 5.56 Å². The lowest BCUT2D eigenvalue weighted by molar-refractivity contribution is 0.995. The molecule has 0 saturated carbocycles. The van der Waals surface area contributed by atoms with Gasteiger partial charge in [-0.25, -0.2) is 0 Å². The molecule has 0 aliphatic heterocycles. The normalized spacial score (nSPS) is 11.5. The minimum Gasteiger partial charge on any atom is -0.378 e. The van der Waals surface area contributed by atoms with Gasteiger partial charge in [0.15, 0.2) is 0 Å². The van der Waals surface area contributed by atoms with Crippen LogP contribution in [0.25, 0.3) is 0 Å². The summed E-state index contributed by atoms with van der Waals surface area (Å²) in [5, 5.41) is 12.6.